The van der Waals surface area contributed by atoms with Crippen molar-refractivity contribution in [3.8, 4) is 0 Å². The number of nitrogens with zero attached hydrogens (tertiary/aromatic N) is 6. The fraction of sp³-hybridized carbons (Fsp3) is 0.647. The van der Waals surface area contributed by atoms with Crippen molar-refractivity contribution in [3.05, 3.63) is 23.9 Å². The van der Waals surface area contributed by atoms with Gasteiger partial charge in [-0.1, -0.05) is 5.21 Å². The molecule has 1 aliphatic carbocycles. The maximum Gasteiger partial charge on any atom is 0.273 e. The Morgan fingerprint density at radius 3 is 2.50 bits per heavy atom. The quantitative estimate of drug-likeness (QED) is 0.789. The summed E-state index contributed by atoms with van der Waals surface area (Å²) in [6, 6.07) is 0.153. The number of nitrogens with one attached hydrogen (secondary N) is 1. The number of hydrogen-bond donors (Lipinski definition) is 1. The molecule has 4 rings (SSSR count). The summed E-state index contributed by atoms with van der Waals surface area (Å²) in [5, 5.41) is 10.8. The summed E-state index contributed by atoms with van der Waals surface area (Å²) in [7, 11) is -0.228. The number of piperidine rings is 1. The molecule has 1 aliphatic heterocycles. The standard InChI is InChI=1S/C17H25N7O3S/c1-12-19-15(11-22(12)3)28(26,27)23-8-6-17(7-9-23)5-4-14(17)24-10-13(20-21-24)16(25)18-2/h10-11,14H,4-9H2,1-3H3,(H,18,25). The number of hydrogen-bond acceptors (Lipinski definition) is 6. The Morgan fingerprint density at radius 2 is 1.96 bits per heavy atom. The fourth-order valence-corrected chi connectivity index (χ4v) is 5.76. The Bertz CT molecular complexity index is 982. The molecular weight excluding hydrogens is 382 g/mol. The van der Waals surface area contributed by atoms with Crippen molar-refractivity contribution in [1.82, 2.24) is 34.2 Å². The van der Waals surface area contributed by atoms with Gasteiger partial charge in [-0.25, -0.2) is 18.1 Å². The van der Waals surface area contributed by atoms with Gasteiger partial charge in [0.2, 0.25) is 0 Å². The highest BCUT2D eigenvalue weighted by Crippen LogP contribution is 2.56. The number of amides is 1. The molecule has 2 aromatic heterocycles. The maximum absolute atomic E-state index is 12.9. The molecule has 0 radical (unpaired) electrons. The van der Waals surface area contributed by atoms with E-state index >= 15 is 0 Å². The van der Waals surface area contributed by atoms with Crippen molar-refractivity contribution in [2.45, 2.75) is 43.7 Å². The predicted octanol–water partition coefficient (Wildman–Crippen LogP) is 0.486. The number of aromatic nitrogens is 5. The molecule has 2 aromatic rings. The van der Waals surface area contributed by atoms with Crippen molar-refractivity contribution < 1.29 is 13.2 Å². The third-order valence-corrected chi connectivity index (χ3v) is 8.09. The molecule has 3 heterocycles. The summed E-state index contributed by atoms with van der Waals surface area (Å²) >= 11 is 0. The summed E-state index contributed by atoms with van der Waals surface area (Å²) in [5.41, 5.74) is 0.315. The van der Waals surface area contributed by atoms with Crippen LogP contribution in [0.2, 0.25) is 0 Å². The molecule has 1 saturated heterocycles. The van der Waals surface area contributed by atoms with Gasteiger partial charge in [0.05, 0.1) is 12.2 Å². The third-order valence-electron chi connectivity index (χ3n) is 6.32. The van der Waals surface area contributed by atoms with Crippen LogP contribution in [0.4, 0.5) is 0 Å². The summed E-state index contributed by atoms with van der Waals surface area (Å²) in [5.74, 6) is 0.412. The van der Waals surface area contributed by atoms with Crippen LogP contribution >= 0.6 is 0 Å². The van der Waals surface area contributed by atoms with Gasteiger partial charge in [0, 0.05) is 33.4 Å². The normalized spacial score (nSPS) is 22.2. The van der Waals surface area contributed by atoms with Crippen LogP contribution in [0.3, 0.4) is 0 Å². The Balaban J connectivity index is 1.47. The topological polar surface area (TPSA) is 115 Å². The van der Waals surface area contributed by atoms with E-state index < -0.39 is 10.0 Å². The van der Waals surface area contributed by atoms with Gasteiger partial charge in [-0.2, -0.15) is 4.31 Å². The SMILES string of the molecule is CNC(=O)c1cn(C2CCC23CCN(S(=O)(=O)c2cn(C)c(C)n2)CC3)nn1. The Kier molecular flexibility index (Phi) is 4.53. The highest BCUT2D eigenvalue weighted by molar-refractivity contribution is 7.89. The van der Waals surface area contributed by atoms with Crippen molar-refractivity contribution >= 4 is 15.9 Å². The average Bonchev–Trinajstić information content (AvgIpc) is 3.28. The molecular formula is C17H25N7O3S. The third kappa shape index (κ3) is 2.93. The minimum atomic E-state index is -3.58. The molecule has 1 unspecified atom stereocenters. The summed E-state index contributed by atoms with van der Waals surface area (Å²) < 4.78 is 30.9. The number of rotatable bonds is 4. The first-order valence-corrected chi connectivity index (χ1v) is 10.8. The lowest BCUT2D eigenvalue weighted by Crippen LogP contribution is -2.51. The number of aryl methyl sites for hydroxylation is 2. The number of carbonyl (C=O) groups excluding carboxylic acids is 1. The molecule has 0 aromatic carbocycles. The van der Waals surface area contributed by atoms with E-state index in [0.29, 0.717) is 24.6 Å². The van der Waals surface area contributed by atoms with Crippen LogP contribution in [0.15, 0.2) is 17.4 Å². The Morgan fingerprint density at radius 1 is 1.25 bits per heavy atom. The van der Waals surface area contributed by atoms with Crippen molar-refractivity contribution in [3.63, 3.8) is 0 Å². The molecule has 2 aliphatic rings. The number of imidazole rings is 1. The van der Waals surface area contributed by atoms with E-state index in [-0.39, 0.29) is 22.4 Å². The first-order chi connectivity index (χ1) is 13.3. The van der Waals surface area contributed by atoms with E-state index in [0.717, 1.165) is 25.7 Å². The van der Waals surface area contributed by atoms with E-state index in [2.05, 4.69) is 20.6 Å². The van der Waals surface area contributed by atoms with Crippen LogP contribution in [0.1, 0.15) is 48.0 Å². The zero-order chi connectivity index (χ0) is 20.1. The van der Waals surface area contributed by atoms with Crippen molar-refractivity contribution in [2.24, 2.45) is 12.5 Å². The van der Waals surface area contributed by atoms with Gasteiger partial charge >= 0.3 is 0 Å². The lowest BCUT2D eigenvalue weighted by Gasteiger charge is -2.53. The van der Waals surface area contributed by atoms with Crippen LogP contribution in [0.25, 0.3) is 0 Å². The van der Waals surface area contributed by atoms with Gasteiger partial charge in [0.25, 0.3) is 15.9 Å². The van der Waals surface area contributed by atoms with E-state index in [1.54, 1.807) is 42.7 Å². The van der Waals surface area contributed by atoms with Crippen LogP contribution in [0, 0.1) is 12.3 Å². The van der Waals surface area contributed by atoms with Crippen molar-refractivity contribution in [1.29, 1.82) is 0 Å². The van der Waals surface area contributed by atoms with E-state index in [4.69, 9.17) is 0 Å². The molecule has 1 saturated carbocycles. The molecule has 152 valence electrons. The van der Waals surface area contributed by atoms with Crippen LogP contribution in [0.5, 0.6) is 0 Å². The van der Waals surface area contributed by atoms with Crippen molar-refractivity contribution in [2.75, 3.05) is 20.1 Å². The number of sulfonamides is 1. The lowest BCUT2D eigenvalue weighted by atomic mass is 9.59. The average molecular weight is 408 g/mol. The highest BCUT2D eigenvalue weighted by Gasteiger charge is 2.51. The molecule has 1 atom stereocenters. The van der Waals surface area contributed by atoms with E-state index in [1.807, 2.05) is 0 Å². The molecule has 1 N–H and O–H groups in total. The fourth-order valence-electron chi connectivity index (χ4n) is 4.29. The van der Waals surface area contributed by atoms with Gasteiger partial charge < -0.3 is 9.88 Å². The predicted molar refractivity (Wildman–Crippen MR) is 100 cm³/mol. The second kappa shape index (κ2) is 6.66. The smallest absolute Gasteiger partial charge is 0.273 e. The molecule has 0 bridgehead atoms. The monoisotopic (exact) mass is 407 g/mol. The summed E-state index contributed by atoms with van der Waals surface area (Å²) in [4.78, 5) is 15.9. The summed E-state index contributed by atoms with van der Waals surface area (Å²) in [6.45, 7) is 2.71. The minimum Gasteiger partial charge on any atom is -0.354 e. The van der Waals surface area contributed by atoms with Crippen LogP contribution in [-0.2, 0) is 17.1 Å². The molecule has 11 heteroatoms. The first-order valence-electron chi connectivity index (χ1n) is 9.41. The Labute approximate surface area is 164 Å². The zero-order valence-corrected chi connectivity index (χ0v) is 17.1. The first kappa shape index (κ1) is 19.1. The molecule has 1 spiro atoms. The van der Waals surface area contributed by atoms with Crippen LogP contribution < -0.4 is 5.32 Å². The Hall–Kier alpha value is -2.27. The minimum absolute atomic E-state index is 0.0136. The number of carbonyl (C=O) groups is 1. The molecule has 28 heavy (non-hydrogen) atoms. The molecule has 10 nitrogen and oxygen atoms in total. The van der Waals surface area contributed by atoms with Gasteiger partial charge in [0.1, 0.15) is 5.82 Å². The zero-order valence-electron chi connectivity index (χ0n) is 16.3. The molecule has 1 amide bonds. The highest BCUT2D eigenvalue weighted by atomic mass is 32.2. The van der Waals surface area contributed by atoms with Gasteiger partial charge in [-0.05, 0) is 38.0 Å². The van der Waals surface area contributed by atoms with Gasteiger partial charge in [-0.15, -0.1) is 5.10 Å². The second-order valence-corrected chi connectivity index (χ2v) is 9.61. The largest absolute Gasteiger partial charge is 0.354 e. The lowest BCUT2D eigenvalue weighted by molar-refractivity contribution is -0.0160. The van der Waals surface area contributed by atoms with E-state index in [9.17, 15) is 13.2 Å². The summed E-state index contributed by atoms with van der Waals surface area (Å²) in [6.07, 6.45) is 6.77. The van der Waals surface area contributed by atoms with Gasteiger partial charge in [-0.3, -0.25) is 4.79 Å². The maximum atomic E-state index is 12.9. The second-order valence-electron chi connectivity index (χ2n) is 7.72. The van der Waals surface area contributed by atoms with E-state index in [1.165, 1.54) is 4.31 Å². The van der Waals surface area contributed by atoms with Crippen LogP contribution in [-0.4, -0.2) is 63.3 Å². The molecule has 2 fully saturated rings. The van der Waals surface area contributed by atoms with Gasteiger partial charge in [0.15, 0.2) is 10.7 Å².